The number of hydrogen-bond acceptors (Lipinski definition) is 15. The first kappa shape index (κ1) is 30.4. The molecule has 45 heavy (non-hydrogen) atoms. The maximum atomic E-state index is 14.1. The van der Waals surface area contributed by atoms with Crippen LogP contribution in [0.25, 0.3) is 22.1 Å². The minimum Gasteiger partial charge on any atom is -0.389 e. The molecule has 0 radical (unpaired) electrons. The molecular weight excluding hydrogens is 642 g/mol. The molecule has 2 bridgehead atoms. The number of phosphoric ester groups is 1. The number of nitrogens with zero attached hydrogens (tertiary/aromatic N) is 5. The van der Waals surface area contributed by atoms with E-state index in [9.17, 15) is 33.9 Å². The van der Waals surface area contributed by atoms with Gasteiger partial charge in [-0.2, -0.15) is 4.98 Å². The number of aliphatic hydroxyl groups is 2. The van der Waals surface area contributed by atoms with E-state index >= 15 is 0 Å². The van der Waals surface area contributed by atoms with Crippen molar-refractivity contribution >= 4 is 49.3 Å². The Bertz CT molecular complexity index is 1970. The molecule has 0 amide bonds. The van der Waals surface area contributed by atoms with Crippen LogP contribution in [0, 0.1) is 0 Å². The van der Waals surface area contributed by atoms with Gasteiger partial charge < -0.3 is 54.6 Å². The monoisotopic (exact) mass is 670 g/mol. The fourth-order valence-electron chi connectivity index (χ4n) is 6.01. The lowest BCUT2D eigenvalue weighted by Crippen LogP contribution is -2.46. The Hall–Kier alpha value is -3.26. The van der Waals surface area contributed by atoms with Crippen molar-refractivity contribution in [3.05, 3.63) is 41.2 Å². The molecule has 3 aliphatic heterocycles. The Kier molecular flexibility index (Phi) is 7.01. The Morgan fingerprint density at radius 3 is 2.49 bits per heavy atom. The van der Waals surface area contributed by atoms with E-state index in [1.54, 1.807) is 6.07 Å². The van der Waals surface area contributed by atoms with Gasteiger partial charge in [-0.25, -0.2) is 14.5 Å². The van der Waals surface area contributed by atoms with Crippen LogP contribution in [0.15, 0.2) is 35.6 Å². The zero-order valence-electron chi connectivity index (χ0n) is 23.2. The number of fused-ring (bicyclic) bond motifs is 5. The van der Waals surface area contributed by atoms with Crippen molar-refractivity contribution in [2.75, 3.05) is 24.7 Å². The van der Waals surface area contributed by atoms with Crippen LogP contribution in [0.2, 0.25) is 0 Å². The van der Waals surface area contributed by atoms with E-state index in [0.29, 0.717) is 5.39 Å². The van der Waals surface area contributed by atoms with Gasteiger partial charge in [-0.15, -0.1) is 0 Å². The second-order valence-corrected chi connectivity index (χ2v) is 14.7. The van der Waals surface area contributed by atoms with Crippen LogP contribution in [-0.2, 0) is 32.2 Å². The third-order valence-electron chi connectivity index (χ3n) is 8.41. The quantitative estimate of drug-likeness (QED) is 0.130. The SMILES string of the molecule is C[C@@]12[C@H](O)[C@@H](COP(=O)(O)O[C@H]3[C@@H](O)[C@H](n4ccc5c(N)ncnc54)O[C@@H]3COP1(=O)O)O[C@H]2n1ccc2c(=O)[nH]c(N)nc21. The van der Waals surface area contributed by atoms with Gasteiger partial charge in [-0.05, 0) is 19.1 Å². The van der Waals surface area contributed by atoms with Gasteiger partial charge in [-0.1, -0.05) is 0 Å². The first-order valence-electron chi connectivity index (χ1n) is 13.5. The summed E-state index contributed by atoms with van der Waals surface area (Å²) in [5.41, 5.74) is 11.3. The number of nitrogens with two attached hydrogens (primary N) is 2. The number of phosphoric acid groups is 1. The molecule has 10 atom stereocenters. The predicted octanol–water partition coefficient (Wildman–Crippen LogP) is -0.673. The van der Waals surface area contributed by atoms with Crippen molar-refractivity contribution in [1.29, 1.82) is 0 Å². The van der Waals surface area contributed by atoms with Crippen LogP contribution in [0.3, 0.4) is 0 Å². The number of ether oxygens (including phenoxy) is 2. The lowest BCUT2D eigenvalue weighted by molar-refractivity contribution is -0.0524. The van der Waals surface area contributed by atoms with Crippen molar-refractivity contribution in [3.63, 3.8) is 0 Å². The maximum Gasteiger partial charge on any atom is 0.472 e. The van der Waals surface area contributed by atoms with Gasteiger partial charge in [-0.3, -0.25) is 23.4 Å². The molecule has 0 spiro atoms. The number of rotatable bonds is 2. The molecule has 9 N–H and O–H groups in total. The molecule has 22 heteroatoms. The normalized spacial score (nSPS) is 39.1. The Labute approximate surface area is 251 Å². The number of nitrogen functional groups attached to an aromatic ring is 2. The van der Waals surface area contributed by atoms with E-state index < -0.39 is 82.3 Å². The van der Waals surface area contributed by atoms with Gasteiger partial charge >= 0.3 is 15.4 Å². The Morgan fingerprint density at radius 2 is 1.71 bits per heavy atom. The standard InChI is InChI=1S/C23H28N8O12P2/c1-23-15(33)12(42-21(23)31-5-3-10-18(31)28-22(25)29-19(10)34)7-40-45(37,38)43-14-11(6-39-44(23,35)36)41-20(13(14)32)30-4-2-9-16(24)26-8-27-17(9)30/h2-5,8,11-15,20-21,32-33H,6-7H2,1H3,(H,35,36)(H,37,38)(H2,24,26,27)(H3,25,28,29,34)/t11-,12-,13-,14-,15-,20-,21-,23+/m1/s1. The predicted molar refractivity (Wildman–Crippen MR) is 151 cm³/mol. The third-order valence-corrected chi connectivity index (χ3v) is 11.6. The van der Waals surface area contributed by atoms with Crippen molar-refractivity contribution in [1.82, 2.24) is 29.1 Å². The summed E-state index contributed by atoms with van der Waals surface area (Å²) in [7, 11) is -9.99. The van der Waals surface area contributed by atoms with Gasteiger partial charge in [0.25, 0.3) is 5.56 Å². The summed E-state index contributed by atoms with van der Waals surface area (Å²) in [6, 6.07) is 2.95. The number of nitrogens with one attached hydrogen (secondary N) is 1. The van der Waals surface area contributed by atoms with E-state index in [-0.39, 0.29) is 28.4 Å². The molecule has 0 aliphatic carbocycles. The van der Waals surface area contributed by atoms with Gasteiger partial charge in [0.05, 0.1) is 24.0 Å². The van der Waals surface area contributed by atoms with E-state index in [4.69, 9.17) is 34.5 Å². The molecule has 20 nitrogen and oxygen atoms in total. The zero-order chi connectivity index (χ0) is 32.1. The van der Waals surface area contributed by atoms with Crippen LogP contribution in [0.1, 0.15) is 19.4 Å². The minimum absolute atomic E-state index is 0.0322. The van der Waals surface area contributed by atoms with Crippen LogP contribution in [-0.4, -0.2) is 98.0 Å². The van der Waals surface area contributed by atoms with Crippen LogP contribution in [0.5, 0.6) is 0 Å². The number of anilines is 2. The first-order chi connectivity index (χ1) is 21.2. The highest BCUT2D eigenvalue weighted by atomic mass is 31.2. The summed E-state index contributed by atoms with van der Waals surface area (Å²) in [4.78, 5) is 49.1. The molecule has 4 aromatic rings. The molecule has 7 rings (SSSR count). The summed E-state index contributed by atoms with van der Waals surface area (Å²) in [6.45, 7) is -0.348. The lowest BCUT2D eigenvalue weighted by atomic mass is 10.0. The van der Waals surface area contributed by atoms with E-state index in [1.807, 2.05) is 0 Å². The second kappa shape index (κ2) is 10.4. The Morgan fingerprint density at radius 1 is 1.00 bits per heavy atom. The first-order valence-corrected chi connectivity index (χ1v) is 16.5. The van der Waals surface area contributed by atoms with Crippen LogP contribution in [0.4, 0.5) is 11.8 Å². The number of aromatic nitrogens is 6. The molecule has 7 heterocycles. The third kappa shape index (κ3) is 4.64. The summed E-state index contributed by atoms with van der Waals surface area (Å²) < 4.78 is 57.8. The highest BCUT2D eigenvalue weighted by Crippen LogP contribution is 2.66. The highest BCUT2D eigenvalue weighted by Gasteiger charge is 2.66. The van der Waals surface area contributed by atoms with Crippen LogP contribution >= 0.6 is 15.4 Å². The second-order valence-electron chi connectivity index (χ2n) is 11.0. The molecule has 4 aromatic heterocycles. The minimum atomic E-state index is -5.00. The fourth-order valence-corrected chi connectivity index (χ4v) is 8.57. The van der Waals surface area contributed by atoms with Crippen molar-refractivity contribution in [2.45, 2.75) is 55.1 Å². The molecule has 3 saturated heterocycles. The van der Waals surface area contributed by atoms with E-state index in [1.165, 1.54) is 40.8 Å². The van der Waals surface area contributed by atoms with Crippen molar-refractivity contribution in [2.24, 2.45) is 0 Å². The summed E-state index contributed by atoms with van der Waals surface area (Å²) in [6.07, 6.45) is -6.75. The summed E-state index contributed by atoms with van der Waals surface area (Å²) >= 11 is 0. The van der Waals surface area contributed by atoms with E-state index in [0.717, 1.165) is 0 Å². The summed E-state index contributed by atoms with van der Waals surface area (Å²) in [5, 5.41) is 20.9. The zero-order valence-corrected chi connectivity index (χ0v) is 25.0. The van der Waals surface area contributed by atoms with E-state index in [2.05, 4.69) is 19.9 Å². The van der Waals surface area contributed by atoms with Gasteiger partial charge in [0.1, 0.15) is 53.5 Å². The maximum absolute atomic E-state index is 14.1. The molecule has 242 valence electrons. The summed E-state index contributed by atoms with van der Waals surface area (Å²) in [5.74, 6) is -0.0918. The molecule has 0 saturated carbocycles. The van der Waals surface area contributed by atoms with Crippen molar-refractivity contribution in [3.8, 4) is 0 Å². The van der Waals surface area contributed by atoms with Gasteiger partial charge in [0, 0.05) is 12.4 Å². The molecule has 0 aromatic carbocycles. The highest BCUT2D eigenvalue weighted by molar-refractivity contribution is 7.54. The fraction of sp³-hybridized carbons (Fsp3) is 0.478. The molecule has 2 unspecified atom stereocenters. The molecular formula is C23H28N8O12P2. The number of aromatic amines is 1. The van der Waals surface area contributed by atoms with Gasteiger partial charge in [0.2, 0.25) is 5.95 Å². The Balaban J connectivity index is 1.27. The number of hydrogen-bond donors (Lipinski definition) is 7. The van der Waals surface area contributed by atoms with Gasteiger partial charge in [0.15, 0.2) is 18.1 Å². The lowest BCUT2D eigenvalue weighted by Gasteiger charge is -2.37. The smallest absolute Gasteiger partial charge is 0.389 e. The largest absolute Gasteiger partial charge is 0.472 e. The topological polar surface area (TPSA) is 295 Å². The number of H-pyrrole nitrogens is 1. The molecule has 3 aliphatic rings. The average Bonchev–Trinajstić information content (AvgIpc) is 3.72. The number of aliphatic hydroxyl groups excluding tert-OH is 2. The molecule has 3 fully saturated rings. The van der Waals surface area contributed by atoms with Crippen molar-refractivity contribution < 1.29 is 52.2 Å². The average molecular weight is 670 g/mol. The van der Waals surface area contributed by atoms with Crippen LogP contribution < -0.4 is 17.0 Å².